The third-order valence-electron chi connectivity index (χ3n) is 4.68. The van der Waals surface area contributed by atoms with Crippen molar-refractivity contribution in [1.29, 1.82) is 5.26 Å². The van der Waals surface area contributed by atoms with E-state index in [2.05, 4.69) is 26.2 Å². The van der Waals surface area contributed by atoms with Crippen molar-refractivity contribution >= 4 is 21.9 Å². The van der Waals surface area contributed by atoms with Gasteiger partial charge < -0.3 is 4.42 Å². The second-order valence-corrected chi connectivity index (χ2v) is 10.6. The van der Waals surface area contributed by atoms with Crippen LogP contribution in [0.3, 0.4) is 0 Å². The number of aromatic nitrogens is 4. The molecule has 0 aliphatic heterocycles. The molecule has 3 heterocycles. The van der Waals surface area contributed by atoms with E-state index in [1.165, 1.54) is 11.3 Å². The number of benzene rings is 1. The van der Waals surface area contributed by atoms with Gasteiger partial charge in [-0.1, -0.05) is 12.1 Å². The molecule has 0 unspecified atom stereocenters. The molecule has 0 aliphatic carbocycles. The van der Waals surface area contributed by atoms with Crippen LogP contribution in [0.5, 0.6) is 0 Å². The fourth-order valence-electron chi connectivity index (χ4n) is 2.81. The van der Waals surface area contributed by atoms with Gasteiger partial charge in [0.1, 0.15) is 11.8 Å². The predicted octanol–water partition coefficient (Wildman–Crippen LogP) is 5.62. The van der Waals surface area contributed by atoms with Crippen LogP contribution in [0.4, 0.5) is 0 Å². The topological polar surface area (TPSA) is 129 Å². The SMILES string of the molecule is Cc1ncc(-c2ccc(S(O)(O)C(C)C)cc2)nc1-c1nnc(-c2cc(C#N)cs2)o1. The lowest BCUT2D eigenvalue weighted by molar-refractivity contribution is 0.476. The van der Waals surface area contributed by atoms with E-state index in [1.807, 2.05) is 0 Å². The molecule has 4 aromatic rings. The molecule has 0 saturated carbocycles. The highest BCUT2D eigenvalue weighted by Gasteiger charge is 2.21. The molecule has 4 rings (SSSR count). The molecule has 2 N–H and O–H groups in total. The van der Waals surface area contributed by atoms with Crippen LogP contribution >= 0.6 is 21.9 Å². The Balaban J connectivity index is 1.66. The normalized spacial score (nSPS) is 12.2. The number of hydrogen-bond donors (Lipinski definition) is 2. The van der Waals surface area contributed by atoms with E-state index in [9.17, 15) is 9.11 Å². The Kier molecular flexibility index (Phi) is 5.60. The molecule has 0 bridgehead atoms. The van der Waals surface area contributed by atoms with Crippen molar-refractivity contribution in [3.8, 4) is 39.7 Å². The van der Waals surface area contributed by atoms with Gasteiger partial charge in [-0.05, 0) is 39.0 Å². The summed E-state index contributed by atoms with van der Waals surface area (Å²) in [5.41, 5.74) is 3.00. The minimum atomic E-state index is -2.85. The first-order chi connectivity index (χ1) is 14.8. The number of thiophene rings is 1. The first-order valence-corrected chi connectivity index (χ1v) is 11.8. The Morgan fingerprint density at radius 3 is 2.48 bits per heavy atom. The molecule has 0 saturated heterocycles. The zero-order chi connectivity index (χ0) is 22.2. The van der Waals surface area contributed by atoms with E-state index < -0.39 is 10.6 Å². The molecular weight excluding hydrogens is 434 g/mol. The molecule has 10 heteroatoms. The van der Waals surface area contributed by atoms with Gasteiger partial charge in [0.2, 0.25) is 0 Å². The second-order valence-electron chi connectivity index (χ2n) is 7.08. The average molecular weight is 454 g/mol. The summed E-state index contributed by atoms with van der Waals surface area (Å²) in [6.07, 6.45) is 1.64. The van der Waals surface area contributed by atoms with Crippen molar-refractivity contribution in [2.75, 3.05) is 0 Å². The lowest BCUT2D eigenvalue weighted by Crippen LogP contribution is -2.10. The first-order valence-electron chi connectivity index (χ1n) is 9.33. The van der Waals surface area contributed by atoms with Gasteiger partial charge in [-0.2, -0.15) is 15.9 Å². The van der Waals surface area contributed by atoms with E-state index in [0.29, 0.717) is 38.3 Å². The number of aryl methyl sites for hydroxylation is 1. The number of nitriles is 1. The highest BCUT2D eigenvalue weighted by molar-refractivity contribution is 8.24. The largest absolute Gasteiger partial charge is 0.414 e. The molecule has 0 fully saturated rings. The Morgan fingerprint density at radius 1 is 1.13 bits per heavy atom. The van der Waals surface area contributed by atoms with Gasteiger partial charge in [0.25, 0.3) is 11.8 Å². The van der Waals surface area contributed by atoms with Crippen molar-refractivity contribution in [3.05, 3.63) is 53.2 Å². The minimum absolute atomic E-state index is 0.236. The molecule has 0 atom stereocenters. The number of hydrogen-bond acceptors (Lipinski definition) is 9. The van der Waals surface area contributed by atoms with Gasteiger partial charge in [0.15, 0.2) is 0 Å². The van der Waals surface area contributed by atoms with Crippen molar-refractivity contribution in [2.24, 2.45) is 0 Å². The van der Waals surface area contributed by atoms with Gasteiger partial charge in [-0.3, -0.25) is 14.1 Å². The summed E-state index contributed by atoms with van der Waals surface area (Å²) in [6.45, 7) is 5.35. The summed E-state index contributed by atoms with van der Waals surface area (Å²) in [6, 6.07) is 10.7. The van der Waals surface area contributed by atoms with Crippen LogP contribution in [-0.4, -0.2) is 34.5 Å². The van der Waals surface area contributed by atoms with Crippen LogP contribution in [0, 0.1) is 18.3 Å². The van der Waals surface area contributed by atoms with Crippen molar-refractivity contribution in [2.45, 2.75) is 30.9 Å². The van der Waals surface area contributed by atoms with E-state index in [1.54, 1.807) is 62.7 Å². The standard InChI is InChI=1S/C21H19N5O3S2/c1-12(2)31(27,28)16-6-4-15(5-7-16)17-10-23-13(3)19(24-17)21-26-25-20(29-21)18-8-14(9-22)11-30-18/h4-8,10-12,27-28H,1-3H3. The summed E-state index contributed by atoms with van der Waals surface area (Å²) in [7, 11) is -2.85. The fourth-order valence-corrected chi connectivity index (χ4v) is 4.65. The predicted molar refractivity (Wildman–Crippen MR) is 120 cm³/mol. The second kappa shape index (κ2) is 8.20. The van der Waals surface area contributed by atoms with Gasteiger partial charge >= 0.3 is 0 Å². The lowest BCUT2D eigenvalue weighted by atomic mass is 10.1. The summed E-state index contributed by atoms with van der Waals surface area (Å²) in [5.74, 6) is 0.552. The van der Waals surface area contributed by atoms with E-state index >= 15 is 0 Å². The van der Waals surface area contributed by atoms with Crippen LogP contribution in [0.15, 0.2) is 51.2 Å². The molecule has 8 nitrogen and oxygen atoms in total. The molecule has 3 aromatic heterocycles. The average Bonchev–Trinajstić information content (AvgIpc) is 3.43. The molecule has 0 amide bonds. The van der Waals surface area contributed by atoms with Gasteiger partial charge in [-0.25, -0.2) is 4.98 Å². The van der Waals surface area contributed by atoms with Gasteiger partial charge in [0, 0.05) is 16.2 Å². The highest BCUT2D eigenvalue weighted by atomic mass is 32.3. The summed E-state index contributed by atoms with van der Waals surface area (Å²) < 4.78 is 26.5. The lowest BCUT2D eigenvalue weighted by Gasteiger charge is -2.36. The zero-order valence-corrected chi connectivity index (χ0v) is 18.6. The Morgan fingerprint density at radius 2 is 1.84 bits per heavy atom. The molecule has 0 radical (unpaired) electrons. The Labute approximate surface area is 184 Å². The van der Waals surface area contributed by atoms with Gasteiger partial charge in [0.05, 0.1) is 32.9 Å². The minimum Gasteiger partial charge on any atom is -0.414 e. The fraction of sp³-hybridized carbons (Fsp3) is 0.190. The molecule has 158 valence electrons. The van der Waals surface area contributed by atoms with Crippen LogP contribution in [0.25, 0.3) is 33.6 Å². The highest BCUT2D eigenvalue weighted by Crippen LogP contribution is 2.52. The quantitative estimate of drug-likeness (QED) is 0.398. The molecule has 31 heavy (non-hydrogen) atoms. The third-order valence-corrected chi connectivity index (χ3v) is 7.88. The third kappa shape index (κ3) is 4.08. The van der Waals surface area contributed by atoms with Crippen molar-refractivity contribution < 1.29 is 13.5 Å². The van der Waals surface area contributed by atoms with Gasteiger partial charge in [-0.15, -0.1) is 21.5 Å². The van der Waals surface area contributed by atoms with Crippen LogP contribution in [-0.2, 0) is 0 Å². The van der Waals surface area contributed by atoms with Crippen LogP contribution in [0.1, 0.15) is 25.1 Å². The zero-order valence-electron chi connectivity index (χ0n) is 17.0. The maximum absolute atomic E-state index is 10.3. The maximum Gasteiger partial charge on any atom is 0.268 e. The molecule has 1 aromatic carbocycles. The Bertz CT molecular complexity index is 1270. The first kappa shape index (κ1) is 21.1. The molecule has 0 spiro atoms. The Hall–Kier alpha value is -3.10. The smallest absolute Gasteiger partial charge is 0.268 e. The monoisotopic (exact) mass is 453 g/mol. The van der Waals surface area contributed by atoms with E-state index in [0.717, 1.165) is 5.56 Å². The molecule has 0 aliphatic rings. The van der Waals surface area contributed by atoms with E-state index in [4.69, 9.17) is 9.68 Å². The maximum atomic E-state index is 10.3. The van der Waals surface area contributed by atoms with Crippen LogP contribution < -0.4 is 0 Å². The summed E-state index contributed by atoms with van der Waals surface area (Å²) in [5, 5.41) is 18.6. The van der Waals surface area contributed by atoms with Crippen LogP contribution in [0.2, 0.25) is 0 Å². The van der Waals surface area contributed by atoms with E-state index in [-0.39, 0.29) is 11.1 Å². The number of rotatable bonds is 5. The van der Waals surface area contributed by atoms with Crippen molar-refractivity contribution in [3.63, 3.8) is 0 Å². The summed E-state index contributed by atoms with van der Waals surface area (Å²) in [4.78, 5) is 10.2. The number of nitrogens with zero attached hydrogens (tertiary/aromatic N) is 5. The summed E-state index contributed by atoms with van der Waals surface area (Å²) >= 11 is 1.35. The molecular formula is C21H19N5O3S2. The van der Waals surface area contributed by atoms with Crippen molar-refractivity contribution in [1.82, 2.24) is 20.2 Å².